The maximum absolute atomic E-state index is 12.6. The number of carbonyl (C=O) groups excluding carboxylic acids is 1. The lowest BCUT2D eigenvalue weighted by Crippen LogP contribution is -2.32. The molecule has 0 bridgehead atoms. The largest absolute Gasteiger partial charge is 0.331 e. The van der Waals surface area contributed by atoms with Crippen molar-refractivity contribution < 1.29 is 4.79 Å². The molecule has 3 rings (SSSR count). The predicted octanol–water partition coefficient (Wildman–Crippen LogP) is 3.24. The van der Waals surface area contributed by atoms with Gasteiger partial charge in [-0.15, -0.1) is 0 Å². The molecule has 122 valence electrons. The number of amides is 1. The van der Waals surface area contributed by atoms with Crippen LogP contribution < -0.4 is 5.56 Å². The number of carbonyl (C=O) groups is 1. The molecular weight excluding hydrogens is 326 g/mol. The van der Waals surface area contributed by atoms with Crippen molar-refractivity contribution >= 4 is 28.4 Å². The Kier molecular flexibility index (Phi) is 4.62. The lowest BCUT2D eigenvalue weighted by molar-refractivity contribution is 0.0748. The Morgan fingerprint density at radius 2 is 2.00 bits per heavy atom. The molecule has 24 heavy (non-hydrogen) atoms. The van der Waals surface area contributed by atoms with Crippen LogP contribution in [-0.4, -0.2) is 27.3 Å². The molecule has 0 atom stereocenters. The van der Waals surface area contributed by atoms with Crippen LogP contribution in [0.25, 0.3) is 10.9 Å². The molecule has 0 aliphatic heterocycles. The number of hydrogen-bond acceptors (Lipinski definition) is 3. The van der Waals surface area contributed by atoms with E-state index >= 15 is 0 Å². The number of nitrogens with one attached hydrogen (secondary N) is 1. The van der Waals surface area contributed by atoms with Crippen LogP contribution in [0.2, 0.25) is 5.02 Å². The third-order valence-electron chi connectivity index (χ3n) is 3.74. The third kappa shape index (κ3) is 3.31. The quantitative estimate of drug-likeness (QED) is 0.792. The van der Waals surface area contributed by atoms with Crippen LogP contribution in [0.4, 0.5) is 0 Å². The second kappa shape index (κ2) is 6.84. The highest BCUT2D eigenvalue weighted by molar-refractivity contribution is 6.30. The predicted molar refractivity (Wildman–Crippen MR) is 94.2 cm³/mol. The number of rotatable bonds is 4. The summed E-state index contributed by atoms with van der Waals surface area (Å²) in [5.41, 5.74) is 0.914. The summed E-state index contributed by atoms with van der Waals surface area (Å²) in [4.78, 5) is 33.6. The summed E-state index contributed by atoms with van der Waals surface area (Å²) in [7, 11) is 0. The van der Waals surface area contributed by atoms with Gasteiger partial charge in [-0.25, -0.2) is 4.98 Å². The molecule has 2 aromatic carbocycles. The molecule has 0 unspecified atom stereocenters. The summed E-state index contributed by atoms with van der Waals surface area (Å²) in [6, 6.07) is 13.9. The summed E-state index contributed by atoms with van der Waals surface area (Å²) in [6.45, 7) is 2.59. The van der Waals surface area contributed by atoms with Crippen molar-refractivity contribution in [2.24, 2.45) is 0 Å². The summed E-state index contributed by atoms with van der Waals surface area (Å²) in [5, 5.41) is 1.04. The zero-order valence-electron chi connectivity index (χ0n) is 13.1. The first kappa shape index (κ1) is 16.2. The number of nitrogens with zero attached hydrogens (tertiary/aromatic N) is 2. The van der Waals surface area contributed by atoms with Gasteiger partial charge in [0.15, 0.2) is 0 Å². The molecule has 0 spiro atoms. The number of H-pyrrole nitrogens is 1. The van der Waals surface area contributed by atoms with E-state index in [4.69, 9.17) is 11.6 Å². The van der Waals surface area contributed by atoms with E-state index in [9.17, 15) is 9.59 Å². The lowest BCUT2D eigenvalue weighted by Gasteiger charge is -2.20. The van der Waals surface area contributed by atoms with Gasteiger partial charge in [0.2, 0.25) is 0 Å². The summed E-state index contributed by atoms with van der Waals surface area (Å²) < 4.78 is 0. The van der Waals surface area contributed by atoms with Gasteiger partial charge in [0, 0.05) is 17.1 Å². The topological polar surface area (TPSA) is 66.1 Å². The Labute approximate surface area is 143 Å². The number of hydrogen-bond donors (Lipinski definition) is 1. The molecule has 1 N–H and O–H groups in total. The molecule has 0 aliphatic rings. The molecular formula is C18H16ClN3O2. The number of halogens is 1. The highest BCUT2D eigenvalue weighted by atomic mass is 35.5. The SMILES string of the molecule is CCN(Cc1nc2ccccc2c(=O)[nH]1)C(=O)c1cccc(Cl)c1. The van der Waals surface area contributed by atoms with Crippen molar-refractivity contribution in [1.29, 1.82) is 0 Å². The van der Waals surface area contributed by atoms with E-state index in [1.165, 1.54) is 0 Å². The molecule has 0 saturated carbocycles. The van der Waals surface area contributed by atoms with Crippen LogP contribution in [0.15, 0.2) is 53.3 Å². The number of fused-ring (bicyclic) bond motifs is 1. The van der Waals surface area contributed by atoms with Crippen LogP contribution in [0.1, 0.15) is 23.1 Å². The Morgan fingerprint density at radius 3 is 2.75 bits per heavy atom. The summed E-state index contributed by atoms with van der Waals surface area (Å²) >= 11 is 5.95. The van der Waals surface area contributed by atoms with Crippen molar-refractivity contribution in [2.75, 3.05) is 6.54 Å². The summed E-state index contributed by atoms with van der Waals surface area (Å²) in [5.74, 6) is 0.298. The molecule has 3 aromatic rings. The van der Waals surface area contributed by atoms with Gasteiger partial charge in [-0.3, -0.25) is 9.59 Å². The maximum Gasteiger partial charge on any atom is 0.258 e. The lowest BCUT2D eigenvalue weighted by atomic mass is 10.2. The van der Waals surface area contributed by atoms with Gasteiger partial charge in [-0.2, -0.15) is 0 Å². The first-order valence-electron chi connectivity index (χ1n) is 7.61. The standard InChI is InChI=1S/C18H16ClN3O2/c1-2-22(18(24)12-6-5-7-13(19)10-12)11-16-20-15-9-4-3-8-14(15)17(23)21-16/h3-10H,2,11H2,1H3,(H,20,21,23). The average Bonchev–Trinajstić information content (AvgIpc) is 2.59. The molecule has 6 heteroatoms. The van der Waals surface area contributed by atoms with Crippen LogP contribution in [0, 0.1) is 0 Å². The number of benzene rings is 2. The van der Waals surface area contributed by atoms with Gasteiger partial charge in [0.1, 0.15) is 5.82 Å². The van der Waals surface area contributed by atoms with Crippen molar-refractivity contribution in [3.63, 3.8) is 0 Å². The third-order valence-corrected chi connectivity index (χ3v) is 3.98. The molecule has 0 aliphatic carbocycles. The van der Waals surface area contributed by atoms with Gasteiger partial charge < -0.3 is 9.88 Å². The summed E-state index contributed by atoms with van der Waals surface area (Å²) in [6.07, 6.45) is 0. The molecule has 1 amide bonds. The van der Waals surface area contributed by atoms with E-state index < -0.39 is 0 Å². The monoisotopic (exact) mass is 341 g/mol. The maximum atomic E-state index is 12.6. The second-order valence-corrected chi connectivity index (χ2v) is 5.80. The van der Waals surface area contributed by atoms with Gasteiger partial charge in [0.05, 0.1) is 17.4 Å². The minimum atomic E-state index is -0.207. The van der Waals surface area contributed by atoms with Crippen LogP contribution in [0.3, 0.4) is 0 Å². The van der Waals surface area contributed by atoms with E-state index in [1.54, 1.807) is 47.4 Å². The van der Waals surface area contributed by atoms with Gasteiger partial charge in [-0.1, -0.05) is 29.8 Å². The van der Waals surface area contributed by atoms with E-state index in [2.05, 4.69) is 9.97 Å². The Hall–Kier alpha value is -2.66. The smallest absolute Gasteiger partial charge is 0.258 e. The van der Waals surface area contributed by atoms with Crippen LogP contribution in [-0.2, 0) is 6.54 Å². The highest BCUT2D eigenvalue weighted by Crippen LogP contribution is 2.14. The second-order valence-electron chi connectivity index (χ2n) is 5.36. The first-order valence-corrected chi connectivity index (χ1v) is 7.99. The molecule has 0 radical (unpaired) electrons. The molecule has 0 saturated heterocycles. The Bertz CT molecular complexity index is 952. The average molecular weight is 342 g/mol. The number of aromatic nitrogens is 2. The van der Waals surface area contributed by atoms with Crippen molar-refractivity contribution in [3.8, 4) is 0 Å². The fraction of sp³-hybridized carbons (Fsp3) is 0.167. The minimum absolute atomic E-state index is 0.157. The Morgan fingerprint density at radius 1 is 1.21 bits per heavy atom. The molecule has 5 nitrogen and oxygen atoms in total. The zero-order valence-corrected chi connectivity index (χ0v) is 13.9. The van der Waals surface area contributed by atoms with Gasteiger partial charge in [0.25, 0.3) is 11.5 Å². The number of aromatic amines is 1. The molecule has 1 aromatic heterocycles. The zero-order chi connectivity index (χ0) is 17.1. The van der Waals surface area contributed by atoms with Crippen molar-refractivity contribution in [3.05, 3.63) is 75.3 Å². The minimum Gasteiger partial charge on any atom is -0.331 e. The van der Waals surface area contributed by atoms with Gasteiger partial charge >= 0.3 is 0 Å². The highest BCUT2D eigenvalue weighted by Gasteiger charge is 2.16. The van der Waals surface area contributed by atoms with E-state index in [1.807, 2.05) is 13.0 Å². The van der Waals surface area contributed by atoms with Crippen LogP contribution >= 0.6 is 11.6 Å². The number of para-hydroxylation sites is 1. The fourth-order valence-corrected chi connectivity index (χ4v) is 2.71. The normalized spacial score (nSPS) is 10.8. The van der Waals surface area contributed by atoms with E-state index in [-0.39, 0.29) is 18.0 Å². The van der Waals surface area contributed by atoms with E-state index in [0.29, 0.717) is 33.9 Å². The van der Waals surface area contributed by atoms with Gasteiger partial charge in [-0.05, 0) is 37.3 Å². The first-order chi connectivity index (χ1) is 11.6. The van der Waals surface area contributed by atoms with Crippen LogP contribution in [0.5, 0.6) is 0 Å². The van der Waals surface area contributed by atoms with E-state index in [0.717, 1.165) is 0 Å². The fourth-order valence-electron chi connectivity index (χ4n) is 2.52. The molecule has 1 heterocycles. The van der Waals surface area contributed by atoms with Crippen molar-refractivity contribution in [1.82, 2.24) is 14.9 Å². The Balaban J connectivity index is 1.90. The van der Waals surface area contributed by atoms with Crippen molar-refractivity contribution in [2.45, 2.75) is 13.5 Å². The molecule has 0 fully saturated rings.